The van der Waals surface area contributed by atoms with Gasteiger partial charge in [-0.3, -0.25) is 4.79 Å². The minimum atomic E-state index is -0.0640. The second-order valence-electron chi connectivity index (χ2n) is 7.31. The molecule has 3 N–H and O–H groups in total. The van der Waals surface area contributed by atoms with Crippen molar-refractivity contribution in [1.29, 1.82) is 0 Å². The van der Waals surface area contributed by atoms with E-state index in [1.807, 2.05) is 37.3 Å². The van der Waals surface area contributed by atoms with E-state index < -0.39 is 0 Å². The second-order valence-corrected chi connectivity index (χ2v) is 7.31. The Morgan fingerprint density at radius 3 is 2.82 bits per heavy atom. The van der Waals surface area contributed by atoms with Gasteiger partial charge in [0.15, 0.2) is 0 Å². The number of carbonyl (C=O) groups excluding carboxylic acids is 1. The summed E-state index contributed by atoms with van der Waals surface area (Å²) in [6, 6.07) is 14.8. The van der Waals surface area contributed by atoms with Gasteiger partial charge in [0.1, 0.15) is 5.75 Å². The van der Waals surface area contributed by atoms with Crippen molar-refractivity contribution in [3.05, 3.63) is 71.8 Å². The summed E-state index contributed by atoms with van der Waals surface area (Å²) >= 11 is 0. The molecule has 2 aliphatic rings. The summed E-state index contributed by atoms with van der Waals surface area (Å²) in [6.45, 7) is 7.77. The molecule has 3 unspecified atom stereocenters. The average molecular weight is 377 g/mol. The number of nitrogens with one attached hydrogen (secondary N) is 3. The van der Waals surface area contributed by atoms with Gasteiger partial charge in [-0.25, -0.2) is 0 Å². The highest BCUT2D eigenvalue weighted by atomic mass is 16.5. The van der Waals surface area contributed by atoms with Gasteiger partial charge >= 0.3 is 0 Å². The summed E-state index contributed by atoms with van der Waals surface area (Å²) in [6.07, 6.45) is 2.79. The minimum absolute atomic E-state index is 0.0640. The summed E-state index contributed by atoms with van der Waals surface area (Å²) in [7, 11) is 0. The number of benzene rings is 2. The molecule has 2 heterocycles. The highest BCUT2D eigenvalue weighted by Crippen LogP contribution is 2.47. The van der Waals surface area contributed by atoms with E-state index in [9.17, 15) is 4.79 Å². The molecule has 0 bridgehead atoms. The van der Waals surface area contributed by atoms with Gasteiger partial charge in [0.2, 0.25) is 0 Å². The molecule has 28 heavy (non-hydrogen) atoms. The van der Waals surface area contributed by atoms with Crippen LogP contribution in [0.25, 0.3) is 0 Å². The van der Waals surface area contributed by atoms with Crippen LogP contribution in [0.2, 0.25) is 0 Å². The summed E-state index contributed by atoms with van der Waals surface area (Å²) < 4.78 is 5.58. The van der Waals surface area contributed by atoms with Gasteiger partial charge in [0.05, 0.1) is 12.6 Å². The molecule has 4 rings (SSSR count). The highest BCUT2D eigenvalue weighted by molar-refractivity contribution is 5.95. The quantitative estimate of drug-likeness (QED) is 0.670. The van der Waals surface area contributed by atoms with Crippen molar-refractivity contribution in [2.75, 3.05) is 25.0 Å². The summed E-state index contributed by atoms with van der Waals surface area (Å²) in [5.74, 6) is 1.28. The molecule has 0 saturated carbocycles. The van der Waals surface area contributed by atoms with E-state index in [0.717, 1.165) is 24.4 Å². The van der Waals surface area contributed by atoms with E-state index in [1.54, 1.807) is 6.08 Å². The molecule has 2 aromatic carbocycles. The first-order valence-electron chi connectivity index (χ1n) is 9.97. The maximum Gasteiger partial charge on any atom is 0.251 e. The highest BCUT2D eigenvalue weighted by Gasteiger charge is 2.40. The zero-order valence-electron chi connectivity index (χ0n) is 16.2. The van der Waals surface area contributed by atoms with Crippen LogP contribution in [0, 0.1) is 5.92 Å². The van der Waals surface area contributed by atoms with Gasteiger partial charge in [-0.05, 0) is 61.3 Å². The number of amides is 1. The van der Waals surface area contributed by atoms with Crippen molar-refractivity contribution in [2.45, 2.75) is 25.4 Å². The van der Waals surface area contributed by atoms with Crippen LogP contribution in [-0.2, 0) is 0 Å². The molecule has 1 saturated heterocycles. The number of fused-ring (bicyclic) bond motifs is 3. The number of hydrogen-bond acceptors (Lipinski definition) is 4. The van der Waals surface area contributed by atoms with Crippen molar-refractivity contribution >= 4 is 11.6 Å². The molecular weight excluding hydrogens is 350 g/mol. The molecule has 146 valence electrons. The number of anilines is 1. The van der Waals surface area contributed by atoms with Gasteiger partial charge < -0.3 is 20.7 Å². The van der Waals surface area contributed by atoms with Crippen LogP contribution in [0.5, 0.6) is 5.75 Å². The third-order valence-electron chi connectivity index (χ3n) is 5.62. The Morgan fingerprint density at radius 2 is 2.07 bits per heavy atom. The van der Waals surface area contributed by atoms with E-state index >= 15 is 0 Å². The Bertz CT molecular complexity index is 863. The summed E-state index contributed by atoms with van der Waals surface area (Å²) in [5, 5.41) is 10.2. The first-order chi connectivity index (χ1) is 13.7. The third kappa shape index (κ3) is 3.50. The lowest BCUT2D eigenvalue weighted by Crippen LogP contribution is -2.33. The summed E-state index contributed by atoms with van der Waals surface area (Å²) in [5.41, 5.74) is 4.22. The lowest BCUT2D eigenvalue weighted by Gasteiger charge is -2.37. The molecule has 0 radical (unpaired) electrons. The van der Waals surface area contributed by atoms with Gasteiger partial charge in [-0.2, -0.15) is 0 Å². The Balaban J connectivity index is 1.62. The second kappa shape index (κ2) is 8.07. The molecule has 2 aliphatic heterocycles. The van der Waals surface area contributed by atoms with E-state index in [1.165, 1.54) is 11.1 Å². The van der Waals surface area contributed by atoms with Gasteiger partial charge in [-0.15, -0.1) is 6.58 Å². The standard InChI is InChI=1S/C23H27N3O2/c1-3-12-25-23(27)16-7-10-20-19(14-16)22-18(11-13-24-22)21(26-20)15-5-8-17(9-6-15)28-4-2/h3,5-10,14,18,21-22,24,26H,1,4,11-13H2,2H3,(H,25,27). The van der Waals surface area contributed by atoms with Crippen LogP contribution >= 0.6 is 0 Å². The Labute approximate surface area is 166 Å². The molecule has 0 spiro atoms. The normalized spacial score (nSPS) is 22.5. The Hall–Kier alpha value is -2.79. The van der Waals surface area contributed by atoms with Gasteiger partial charge in [0, 0.05) is 29.8 Å². The smallest absolute Gasteiger partial charge is 0.251 e. The first kappa shape index (κ1) is 18.6. The molecule has 5 nitrogen and oxygen atoms in total. The molecule has 1 amide bonds. The maximum absolute atomic E-state index is 12.3. The fraction of sp³-hybridized carbons (Fsp3) is 0.348. The third-order valence-corrected chi connectivity index (χ3v) is 5.62. The van der Waals surface area contributed by atoms with Crippen LogP contribution in [0.3, 0.4) is 0 Å². The lowest BCUT2D eigenvalue weighted by atomic mass is 9.80. The maximum atomic E-state index is 12.3. The zero-order valence-corrected chi connectivity index (χ0v) is 16.2. The van der Waals surface area contributed by atoms with Crippen molar-refractivity contribution < 1.29 is 9.53 Å². The number of carbonyl (C=O) groups is 1. The van der Waals surface area contributed by atoms with Gasteiger partial charge in [-0.1, -0.05) is 18.2 Å². The first-order valence-corrected chi connectivity index (χ1v) is 9.97. The number of rotatable bonds is 6. The Morgan fingerprint density at radius 1 is 1.25 bits per heavy atom. The predicted molar refractivity (Wildman–Crippen MR) is 112 cm³/mol. The average Bonchev–Trinajstić information content (AvgIpc) is 3.22. The van der Waals surface area contributed by atoms with Crippen molar-refractivity contribution in [2.24, 2.45) is 5.92 Å². The van der Waals surface area contributed by atoms with Crippen LogP contribution in [0.1, 0.15) is 46.9 Å². The molecular formula is C23H27N3O2. The largest absolute Gasteiger partial charge is 0.494 e. The molecule has 0 aliphatic carbocycles. The van der Waals surface area contributed by atoms with Crippen LogP contribution < -0.4 is 20.7 Å². The lowest BCUT2D eigenvalue weighted by molar-refractivity contribution is 0.0958. The summed E-state index contributed by atoms with van der Waals surface area (Å²) in [4.78, 5) is 12.3. The fourth-order valence-electron chi connectivity index (χ4n) is 4.33. The van der Waals surface area contributed by atoms with E-state index in [0.29, 0.717) is 24.6 Å². The molecule has 5 heteroatoms. The number of hydrogen-bond donors (Lipinski definition) is 3. The topological polar surface area (TPSA) is 62.4 Å². The van der Waals surface area contributed by atoms with E-state index in [4.69, 9.17) is 4.74 Å². The number of ether oxygens (including phenoxy) is 1. The SMILES string of the molecule is C=CCNC(=O)c1ccc2c(c1)C1NCCC1C(c1ccc(OCC)cc1)N2. The van der Waals surface area contributed by atoms with Crippen molar-refractivity contribution in [3.63, 3.8) is 0 Å². The van der Waals surface area contributed by atoms with Crippen LogP contribution in [0.15, 0.2) is 55.1 Å². The van der Waals surface area contributed by atoms with Crippen LogP contribution in [0.4, 0.5) is 5.69 Å². The van der Waals surface area contributed by atoms with Crippen molar-refractivity contribution in [1.82, 2.24) is 10.6 Å². The molecule has 2 aromatic rings. The van der Waals surface area contributed by atoms with Crippen molar-refractivity contribution in [3.8, 4) is 5.75 Å². The van der Waals surface area contributed by atoms with E-state index in [-0.39, 0.29) is 18.0 Å². The minimum Gasteiger partial charge on any atom is -0.494 e. The monoisotopic (exact) mass is 377 g/mol. The fourth-order valence-corrected chi connectivity index (χ4v) is 4.33. The zero-order chi connectivity index (χ0) is 19.5. The van der Waals surface area contributed by atoms with Crippen LogP contribution in [-0.4, -0.2) is 25.6 Å². The van der Waals surface area contributed by atoms with E-state index in [2.05, 4.69) is 34.7 Å². The predicted octanol–water partition coefficient (Wildman–Crippen LogP) is 3.82. The Kier molecular flexibility index (Phi) is 5.35. The molecule has 0 aromatic heterocycles. The molecule has 3 atom stereocenters. The van der Waals surface area contributed by atoms with Gasteiger partial charge in [0.25, 0.3) is 5.91 Å². The molecule has 1 fully saturated rings.